The molecule has 234 valence electrons. The first-order chi connectivity index (χ1) is 21.4. The van der Waals surface area contributed by atoms with Crippen LogP contribution < -0.4 is 5.32 Å². The number of likely N-dealkylation sites (tertiary alicyclic amines) is 1. The molecule has 1 N–H and O–H groups in total. The van der Waals surface area contributed by atoms with Gasteiger partial charge in [-0.15, -0.1) is 0 Å². The van der Waals surface area contributed by atoms with Crippen LogP contribution >= 0.6 is 0 Å². The molecule has 1 spiro atoms. The molecule has 2 aromatic rings. The second-order valence-corrected chi connectivity index (χ2v) is 13.2. The topological polar surface area (TPSA) is 99.3 Å². The van der Waals surface area contributed by atoms with Gasteiger partial charge < -0.3 is 14.5 Å². The molecule has 1 unspecified atom stereocenters. The molecule has 0 radical (unpaired) electrons. The second-order valence-electron chi connectivity index (χ2n) is 13.2. The zero-order chi connectivity index (χ0) is 30.5. The molecule has 2 aromatic carbocycles. The van der Waals surface area contributed by atoms with Crippen LogP contribution in [0.4, 0.5) is 4.79 Å². The fourth-order valence-corrected chi connectivity index (χ4v) is 7.50. The van der Waals surface area contributed by atoms with Gasteiger partial charge in [0.2, 0.25) is 11.8 Å². The summed E-state index contributed by atoms with van der Waals surface area (Å²) >= 11 is 0. The van der Waals surface area contributed by atoms with Crippen molar-refractivity contribution in [1.82, 2.24) is 20.0 Å². The zero-order valence-corrected chi connectivity index (χ0v) is 25.5. The number of piperidine rings is 2. The number of piperazine rings is 1. The molecular formula is C35H44N4O5. The SMILES string of the molecule is O=C1CCC(c2ccc(C(=O)N3CCC4(CCC(CN5CCN(C(=O)OCc6ccccc6)CC5)CC4)CC3)cc2)C(=O)N1. The normalized spacial score (nSPS) is 23.0. The van der Waals surface area contributed by atoms with Crippen LogP contribution in [-0.4, -0.2) is 84.3 Å². The van der Waals surface area contributed by atoms with Crippen LogP contribution in [0.3, 0.4) is 0 Å². The largest absolute Gasteiger partial charge is 0.445 e. The minimum absolute atomic E-state index is 0.0615. The number of rotatable bonds is 6. The van der Waals surface area contributed by atoms with E-state index in [-0.39, 0.29) is 29.7 Å². The van der Waals surface area contributed by atoms with E-state index in [9.17, 15) is 19.2 Å². The molecule has 0 bridgehead atoms. The van der Waals surface area contributed by atoms with Crippen LogP contribution in [0.25, 0.3) is 0 Å². The number of nitrogens with one attached hydrogen (secondary N) is 1. The minimum Gasteiger partial charge on any atom is -0.445 e. The number of hydrogen-bond donors (Lipinski definition) is 1. The van der Waals surface area contributed by atoms with Gasteiger partial charge in [-0.05, 0) is 79.5 Å². The fraction of sp³-hybridized carbons (Fsp3) is 0.543. The van der Waals surface area contributed by atoms with Crippen LogP contribution in [0.2, 0.25) is 0 Å². The number of amides is 4. The number of carbonyl (C=O) groups is 4. The maximum absolute atomic E-state index is 13.3. The van der Waals surface area contributed by atoms with E-state index in [1.54, 1.807) is 0 Å². The standard InChI is InChI=1S/C35H44N4O5/c40-31-11-10-30(32(41)36-31)28-6-8-29(9-7-28)33(42)38-18-16-35(17-19-38)14-12-26(13-15-35)24-37-20-22-39(23-21-37)34(43)44-25-27-4-2-1-3-5-27/h1-9,26,30H,10-25H2,(H,36,40,41). The first-order valence-corrected chi connectivity index (χ1v) is 16.3. The summed E-state index contributed by atoms with van der Waals surface area (Å²) in [6.07, 6.45) is 7.67. The van der Waals surface area contributed by atoms with Gasteiger partial charge in [0.25, 0.3) is 5.91 Å². The number of imide groups is 1. The van der Waals surface area contributed by atoms with E-state index >= 15 is 0 Å². The summed E-state index contributed by atoms with van der Waals surface area (Å²) in [5, 5.41) is 2.41. The van der Waals surface area contributed by atoms with E-state index in [4.69, 9.17) is 4.74 Å². The Morgan fingerprint density at radius 2 is 1.48 bits per heavy atom. The van der Waals surface area contributed by atoms with Crippen molar-refractivity contribution < 1.29 is 23.9 Å². The molecule has 4 aliphatic rings. The van der Waals surface area contributed by atoms with Crippen molar-refractivity contribution in [3.63, 3.8) is 0 Å². The van der Waals surface area contributed by atoms with Crippen molar-refractivity contribution in [2.45, 2.75) is 63.9 Å². The van der Waals surface area contributed by atoms with Crippen molar-refractivity contribution in [3.8, 4) is 0 Å². The lowest BCUT2D eigenvalue weighted by Gasteiger charge is -2.47. The van der Waals surface area contributed by atoms with Gasteiger partial charge in [0.05, 0.1) is 5.92 Å². The quantitative estimate of drug-likeness (QED) is 0.488. The van der Waals surface area contributed by atoms with Gasteiger partial charge in [-0.25, -0.2) is 4.79 Å². The highest BCUT2D eigenvalue weighted by molar-refractivity contribution is 6.01. The molecule has 9 heteroatoms. The maximum Gasteiger partial charge on any atom is 0.410 e. The number of carbonyl (C=O) groups excluding carboxylic acids is 4. The molecule has 44 heavy (non-hydrogen) atoms. The molecule has 3 saturated heterocycles. The fourth-order valence-electron chi connectivity index (χ4n) is 7.50. The lowest BCUT2D eigenvalue weighted by atomic mass is 9.65. The van der Waals surface area contributed by atoms with E-state index in [1.807, 2.05) is 64.4 Å². The average Bonchev–Trinajstić information content (AvgIpc) is 3.06. The Hall–Kier alpha value is -3.72. The molecule has 3 heterocycles. The Morgan fingerprint density at radius 3 is 2.14 bits per heavy atom. The summed E-state index contributed by atoms with van der Waals surface area (Å²) in [6, 6.07) is 17.2. The molecule has 6 rings (SSSR count). The molecule has 0 aromatic heterocycles. The Morgan fingerprint density at radius 1 is 0.795 bits per heavy atom. The Balaban J connectivity index is 0.901. The van der Waals surface area contributed by atoms with Crippen molar-refractivity contribution >= 4 is 23.8 Å². The van der Waals surface area contributed by atoms with Gasteiger partial charge in [0.1, 0.15) is 6.61 Å². The Labute approximate surface area is 259 Å². The molecule has 9 nitrogen and oxygen atoms in total. The number of nitrogens with zero attached hydrogens (tertiary/aromatic N) is 3. The first-order valence-electron chi connectivity index (χ1n) is 16.3. The van der Waals surface area contributed by atoms with Crippen LogP contribution in [0.15, 0.2) is 54.6 Å². The molecule has 3 aliphatic heterocycles. The van der Waals surface area contributed by atoms with Crippen LogP contribution in [0, 0.1) is 11.3 Å². The van der Waals surface area contributed by atoms with Crippen molar-refractivity contribution in [2.75, 3.05) is 45.8 Å². The predicted octanol–water partition coefficient (Wildman–Crippen LogP) is 4.57. The minimum atomic E-state index is -0.333. The maximum atomic E-state index is 13.3. The van der Waals surface area contributed by atoms with Crippen molar-refractivity contribution in [2.24, 2.45) is 11.3 Å². The van der Waals surface area contributed by atoms with Gasteiger partial charge in [-0.2, -0.15) is 0 Å². The number of benzene rings is 2. The van der Waals surface area contributed by atoms with E-state index < -0.39 is 0 Å². The zero-order valence-electron chi connectivity index (χ0n) is 25.5. The molecule has 4 fully saturated rings. The van der Waals surface area contributed by atoms with E-state index in [1.165, 1.54) is 25.7 Å². The van der Waals surface area contributed by atoms with Crippen LogP contribution in [0.1, 0.15) is 78.8 Å². The van der Waals surface area contributed by atoms with Crippen molar-refractivity contribution in [3.05, 3.63) is 71.3 Å². The smallest absolute Gasteiger partial charge is 0.410 e. The van der Waals surface area contributed by atoms with E-state index in [0.717, 1.165) is 56.7 Å². The predicted molar refractivity (Wildman–Crippen MR) is 166 cm³/mol. The summed E-state index contributed by atoms with van der Waals surface area (Å²) < 4.78 is 5.52. The molecule has 1 atom stereocenters. The van der Waals surface area contributed by atoms with Gasteiger partial charge in [0.15, 0.2) is 0 Å². The summed E-state index contributed by atoms with van der Waals surface area (Å²) in [6.45, 7) is 6.22. The Bertz CT molecular complexity index is 1320. The first kappa shape index (κ1) is 30.3. The third kappa shape index (κ3) is 7.15. The summed E-state index contributed by atoms with van der Waals surface area (Å²) in [5.41, 5.74) is 2.86. The summed E-state index contributed by atoms with van der Waals surface area (Å²) in [7, 11) is 0. The van der Waals surface area contributed by atoms with Crippen LogP contribution in [0.5, 0.6) is 0 Å². The highest BCUT2D eigenvalue weighted by atomic mass is 16.6. The summed E-state index contributed by atoms with van der Waals surface area (Å²) in [4.78, 5) is 55.8. The molecule has 4 amide bonds. The van der Waals surface area contributed by atoms with Gasteiger partial charge >= 0.3 is 6.09 Å². The van der Waals surface area contributed by atoms with Gasteiger partial charge in [-0.1, -0.05) is 42.5 Å². The third-order valence-corrected chi connectivity index (χ3v) is 10.4. The molecule has 1 saturated carbocycles. The number of hydrogen-bond acceptors (Lipinski definition) is 6. The van der Waals surface area contributed by atoms with E-state index in [2.05, 4.69) is 10.2 Å². The highest BCUT2D eigenvalue weighted by Gasteiger charge is 2.39. The molecular weight excluding hydrogens is 556 g/mol. The van der Waals surface area contributed by atoms with E-state index in [0.29, 0.717) is 49.4 Å². The lowest BCUT2D eigenvalue weighted by molar-refractivity contribution is -0.134. The number of ether oxygens (including phenoxy) is 1. The lowest BCUT2D eigenvalue weighted by Crippen LogP contribution is -2.50. The van der Waals surface area contributed by atoms with Gasteiger partial charge in [0, 0.05) is 57.8 Å². The Kier molecular flexibility index (Phi) is 9.31. The molecule has 1 aliphatic carbocycles. The second kappa shape index (κ2) is 13.5. The van der Waals surface area contributed by atoms with Gasteiger partial charge in [-0.3, -0.25) is 24.6 Å². The van der Waals surface area contributed by atoms with Crippen LogP contribution in [-0.2, 0) is 20.9 Å². The third-order valence-electron chi connectivity index (χ3n) is 10.4. The average molecular weight is 601 g/mol. The van der Waals surface area contributed by atoms with Crippen molar-refractivity contribution in [1.29, 1.82) is 0 Å². The highest BCUT2D eigenvalue weighted by Crippen LogP contribution is 2.46. The summed E-state index contributed by atoms with van der Waals surface area (Å²) in [5.74, 6) is -0.0503. The monoisotopic (exact) mass is 600 g/mol.